The van der Waals surface area contributed by atoms with Crippen LogP contribution in [-0.4, -0.2) is 20.8 Å². The lowest BCUT2D eigenvalue weighted by Crippen LogP contribution is -2.27. The first-order chi connectivity index (χ1) is 7.06. The van der Waals surface area contributed by atoms with Gasteiger partial charge in [0.05, 0.1) is 18.5 Å². The molecule has 82 valence electrons. The number of ether oxygens (including phenoxy) is 1. The topological polar surface area (TPSA) is 69.4 Å². The first-order valence-electron chi connectivity index (χ1n) is 4.76. The molecule has 1 aromatic carbocycles. The van der Waals surface area contributed by atoms with Gasteiger partial charge in [0, 0.05) is 0 Å². The molecule has 2 rings (SSSR count). The first-order valence-corrected chi connectivity index (χ1v) is 6.48. The lowest BCUT2D eigenvalue weighted by molar-refractivity contribution is 0.0576. The summed E-state index contributed by atoms with van der Waals surface area (Å²) >= 11 is 0. The second kappa shape index (κ2) is 3.92. The highest BCUT2D eigenvalue weighted by molar-refractivity contribution is 7.89. The number of hydrogen-bond donors (Lipinski definition) is 1. The molecule has 0 bridgehead atoms. The number of benzene rings is 1. The molecule has 0 radical (unpaired) electrons. The van der Waals surface area contributed by atoms with Crippen LogP contribution >= 0.6 is 0 Å². The number of primary sulfonamides is 1. The number of rotatable bonds is 2. The molecular formula is C10H13NO3S. The van der Waals surface area contributed by atoms with Crippen molar-refractivity contribution in [2.45, 2.75) is 12.5 Å². The third-order valence-corrected chi connectivity index (χ3v) is 3.24. The monoisotopic (exact) mass is 227 g/mol. The third kappa shape index (κ3) is 2.56. The van der Waals surface area contributed by atoms with Crippen molar-refractivity contribution >= 4 is 10.0 Å². The van der Waals surface area contributed by atoms with Gasteiger partial charge in [0.1, 0.15) is 0 Å². The minimum atomic E-state index is -3.49. The van der Waals surface area contributed by atoms with E-state index >= 15 is 0 Å². The van der Waals surface area contributed by atoms with Gasteiger partial charge in [-0.3, -0.25) is 0 Å². The van der Waals surface area contributed by atoms with Crippen molar-refractivity contribution in [3.8, 4) is 0 Å². The molecule has 0 fully saturated rings. The number of hydrogen-bond acceptors (Lipinski definition) is 3. The van der Waals surface area contributed by atoms with E-state index in [1.807, 2.05) is 24.3 Å². The van der Waals surface area contributed by atoms with E-state index in [-0.39, 0.29) is 5.75 Å². The molecule has 15 heavy (non-hydrogen) atoms. The van der Waals surface area contributed by atoms with Crippen molar-refractivity contribution in [3.63, 3.8) is 0 Å². The van der Waals surface area contributed by atoms with Crippen molar-refractivity contribution in [1.82, 2.24) is 0 Å². The average molecular weight is 227 g/mol. The Morgan fingerprint density at radius 2 is 2.13 bits per heavy atom. The highest BCUT2D eigenvalue weighted by Crippen LogP contribution is 2.27. The van der Waals surface area contributed by atoms with Gasteiger partial charge in [-0.1, -0.05) is 24.3 Å². The van der Waals surface area contributed by atoms with Crippen molar-refractivity contribution < 1.29 is 13.2 Å². The van der Waals surface area contributed by atoms with E-state index < -0.39 is 16.1 Å². The molecule has 1 aromatic rings. The maximum Gasteiger partial charge on any atom is 0.211 e. The Balaban J connectivity index is 2.30. The Labute approximate surface area is 89.1 Å². The molecule has 0 saturated carbocycles. The highest BCUT2D eigenvalue weighted by atomic mass is 32.2. The van der Waals surface area contributed by atoms with E-state index in [2.05, 4.69) is 0 Å². The third-order valence-electron chi connectivity index (χ3n) is 2.48. The minimum absolute atomic E-state index is 0.149. The Bertz CT molecular complexity index is 455. The van der Waals surface area contributed by atoms with Crippen LogP contribution in [0.4, 0.5) is 0 Å². The summed E-state index contributed by atoms with van der Waals surface area (Å²) in [5.41, 5.74) is 2.09. The van der Waals surface area contributed by atoms with Crippen molar-refractivity contribution in [3.05, 3.63) is 35.4 Å². The summed E-state index contributed by atoms with van der Waals surface area (Å²) in [5, 5.41) is 5.02. The maximum atomic E-state index is 11.0. The quantitative estimate of drug-likeness (QED) is 0.804. The van der Waals surface area contributed by atoms with E-state index in [4.69, 9.17) is 9.88 Å². The van der Waals surface area contributed by atoms with Gasteiger partial charge in [-0.15, -0.1) is 0 Å². The van der Waals surface area contributed by atoms with Crippen molar-refractivity contribution in [2.75, 3.05) is 12.4 Å². The predicted molar refractivity (Wildman–Crippen MR) is 56.8 cm³/mol. The second-order valence-corrected chi connectivity index (χ2v) is 5.30. The zero-order chi connectivity index (χ0) is 10.9. The van der Waals surface area contributed by atoms with Gasteiger partial charge in [0.25, 0.3) is 0 Å². The fourth-order valence-corrected chi connectivity index (χ4v) is 2.52. The largest absolute Gasteiger partial charge is 0.372 e. The summed E-state index contributed by atoms with van der Waals surface area (Å²) < 4.78 is 27.4. The van der Waals surface area contributed by atoms with Gasteiger partial charge < -0.3 is 4.74 Å². The molecule has 2 N–H and O–H groups in total. The van der Waals surface area contributed by atoms with Crippen molar-refractivity contribution in [2.24, 2.45) is 5.14 Å². The molecule has 1 unspecified atom stereocenters. The molecule has 1 atom stereocenters. The molecule has 0 aromatic heterocycles. The van der Waals surface area contributed by atoms with Gasteiger partial charge >= 0.3 is 0 Å². The van der Waals surface area contributed by atoms with Crippen LogP contribution in [-0.2, 0) is 21.2 Å². The van der Waals surface area contributed by atoms with Crippen LogP contribution in [0.25, 0.3) is 0 Å². The molecule has 1 aliphatic rings. The number of sulfonamides is 1. The number of nitrogens with two attached hydrogens (primary N) is 1. The zero-order valence-electron chi connectivity index (χ0n) is 8.22. The Hall–Kier alpha value is -0.910. The van der Waals surface area contributed by atoms with Crippen molar-refractivity contribution in [1.29, 1.82) is 0 Å². The Morgan fingerprint density at radius 1 is 1.40 bits per heavy atom. The number of fused-ring (bicyclic) bond motifs is 1. The molecule has 1 aliphatic heterocycles. The summed E-state index contributed by atoms with van der Waals surface area (Å²) in [6.45, 7) is 0.553. The zero-order valence-corrected chi connectivity index (χ0v) is 9.03. The maximum absolute atomic E-state index is 11.0. The Kier molecular flexibility index (Phi) is 2.77. The first kappa shape index (κ1) is 10.6. The van der Waals surface area contributed by atoms with Gasteiger partial charge in [0.15, 0.2) is 0 Å². The average Bonchev–Trinajstić information content (AvgIpc) is 2.16. The Morgan fingerprint density at radius 3 is 2.87 bits per heavy atom. The standard InChI is InChI=1S/C10H13NO3S/c11-15(12,13)7-10-9-4-2-1-3-8(9)5-6-14-10/h1-4,10H,5-7H2,(H2,11,12,13). The summed E-state index contributed by atoms with van der Waals surface area (Å²) in [6, 6.07) is 7.71. The summed E-state index contributed by atoms with van der Waals surface area (Å²) in [7, 11) is -3.49. The lowest BCUT2D eigenvalue weighted by atomic mass is 9.99. The SMILES string of the molecule is NS(=O)(=O)CC1OCCc2ccccc21. The van der Waals surface area contributed by atoms with E-state index in [0.29, 0.717) is 6.61 Å². The second-order valence-electron chi connectivity index (χ2n) is 3.64. The molecule has 0 aliphatic carbocycles. The smallest absolute Gasteiger partial charge is 0.211 e. The van der Waals surface area contributed by atoms with E-state index in [0.717, 1.165) is 17.5 Å². The minimum Gasteiger partial charge on any atom is -0.372 e. The van der Waals surface area contributed by atoms with Gasteiger partial charge in [0.2, 0.25) is 10.0 Å². The van der Waals surface area contributed by atoms with Crippen LogP contribution in [0.2, 0.25) is 0 Å². The molecule has 4 nitrogen and oxygen atoms in total. The van der Waals surface area contributed by atoms with E-state index in [1.54, 1.807) is 0 Å². The molecule has 5 heteroatoms. The lowest BCUT2D eigenvalue weighted by Gasteiger charge is -2.25. The van der Waals surface area contributed by atoms with E-state index in [1.165, 1.54) is 0 Å². The van der Waals surface area contributed by atoms with Crippen LogP contribution in [0.1, 0.15) is 17.2 Å². The predicted octanol–water partition coefficient (Wildman–Crippen LogP) is 0.589. The molecular weight excluding hydrogens is 214 g/mol. The molecule has 0 amide bonds. The fourth-order valence-electron chi connectivity index (χ4n) is 1.83. The van der Waals surface area contributed by atoms with Crippen LogP contribution in [0.5, 0.6) is 0 Å². The summed E-state index contributed by atoms with van der Waals surface area (Å²) in [4.78, 5) is 0. The van der Waals surface area contributed by atoms with Crippen LogP contribution in [0.3, 0.4) is 0 Å². The molecule has 0 spiro atoms. The van der Waals surface area contributed by atoms with Crippen LogP contribution < -0.4 is 5.14 Å². The molecule has 0 saturated heterocycles. The summed E-state index contributed by atoms with van der Waals surface area (Å²) in [6.07, 6.45) is 0.419. The fraction of sp³-hybridized carbons (Fsp3) is 0.400. The van der Waals surface area contributed by atoms with Gasteiger partial charge in [-0.2, -0.15) is 0 Å². The normalized spacial score (nSPS) is 21.0. The summed E-state index contributed by atoms with van der Waals surface area (Å²) in [5.74, 6) is -0.149. The van der Waals surface area contributed by atoms with Crippen LogP contribution in [0, 0.1) is 0 Å². The van der Waals surface area contributed by atoms with E-state index in [9.17, 15) is 8.42 Å². The van der Waals surface area contributed by atoms with Gasteiger partial charge in [-0.05, 0) is 17.5 Å². The molecule has 1 heterocycles. The van der Waals surface area contributed by atoms with Crippen LogP contribution in [0.15, 0.2) is 24.3 Å². The van der Waals surface area contributed by atoms with Gasteiger partial charge in [-0.25, -0.2) is 13.6 Å². The highest BCUT2D eigenvalue weighted by Gasteiger charge is 2.24.